The van der Waals surface area contributed by atoms with Gasteiger partial charge < -0.3 is 15.0 Å². The van der Waals surface area contributed by atoms with E-state index in [1.807, 2.05) is 13.8 Å². The number of anilines is 2. The van der Waals surface area contributed by atoms with Gasteiger partial charge in [0.2, 0.25) is 0 Å². The fourth-order valence-corrected chi connectivity index (χ4v) is 3.22. The molecule has 1 fully saturated rings. The fraction of sp³-hybridized carbons (Fsp3) is 0.350. The van der Waals surface area contributed by atoms with Gasteiger partial charge in [0.15, 0.2) is 0 Å². The van der Waals surface area contributed by atoms with Gasteiger partial charge in [0.1, 0.15) is 0 Å². The highest BCUT2D eigenvalue weighted by Crippen LogP contribution is 2.32. The number of nitrogens with one attached hydrogen (secondary N) is 1. The predicted molar refractivity (Wildman–Crippen MR) is 97.1 cm³/mol. The molecule has 144 valence electrons. The number of halogens is 3. The van der Waals surface area contributed by atoms with Crippen molar-refractivity contribution in [3.63, 3.8) is 0 Å². The summed E-state index contributed by atoms with van der Waals surface area (Å²) in [5.41, 5.74) is 0.408. The predicted octanol–water partition coefficient (Wildman–Crippen LogP) is 4.70. The van der Waals surface area contributed by atoms with E-state index in [-0.39, 0.29) is 23.8 Å². The maximum atomic E-state index is 13.0. The number of carbonyl (C=O) groups excluding carboxylic acids is 1. The Morgan fingerprint density at radius 2 is 1.74 bits per heavy atom. The molecule has 0 aliphatic carbocycles. The number of hydrogen-bond donors (Lipinski definition) is 1. The van der Waals surface area contributed by atoms with Crippen molar-refractivity contribution >= 4 is 17.3 Å². The van der Waals surface area contributed by atoms with Crippen LogP contribution >= 0.6 is 0 Å². The number of hydrogen-bond acceptors (Lipinski definition) is 3. The Morgan fingerprint density at radius 1 is 1.07 bits per heavy atom. The van der Waals surface area contributed by atoms with Gasteiger partial charge >= 0.3 is 6.18 Å². The molecule has 3 rings (SSSR count). The second-order valence-corrected chi connectivity index (χ2v) is 6.72. The highest BCUT2D eigenvalue weighted by atomic mass is 19.4. The number of amides is 1. The second kappa shape index (κ2) is 7.60. The summed E-state index contributed by atoms with van der Waals surface area (Å²) in [4.78, 5) is 14.7. The lowest BCUT2D eigenvalue weighted by atomic mass is 10.1. The van der Waals surface area contributed by atoms with E-state index >= 15 is 0 Å². The molecule has 1 aliphatic heterocycles. The smallest absolute Gasteiger partial charge is 0.372 e. The van der Waals surface area contributed by atoms with Crippen LogP contribution in [0.25, 0.3) is 0 Å². The summed E-state index contributed by atoms with van der Waals surface area (Å²) in [5, 5.41) is 2.95. The Hall–Kier alpha value is -2.54. The lowest BCUT2D eigenvalue weighted by molar-refractivity contribution is -0.137. The van der Waals surface area contributed by atoms with Gasteiger partial charge in [-0.25, -0.2) is 0 Å². The number of rotatable bonds is 3. The van der Waals surface area contributed by atoms with Crippen LogP contribution in [-0.4, -0.2) is 36.1 Å². The first-order valence-electron chi connectivity index (χ1n) is 8.72. The largest absolute Gasteiger partial charge is 0.416 e. The van der Waals surface area contributed by atoms with Gasteiger partial charge in [0.05, 0.1) is 29.0 Å². The average Bonchev–Trinajstić information content (AvgIpc) is 2.60. The Labute approximate surface area is 155 Å². The SMILES string of the molecule is C[C@H]1CN(C(=O)c2ccccc2Nc2cccc(C(F)(F)F)c2)C[C@H](C)O1. The summed E-state index contributed by atoms with van der Waals surface area (Å²) in [7, 11) is 0. The van der Waals surface area contributed by atoms with E-state index < -0.39 is 11.7 Å². The first-order chi connectivity index (χ1) is 12.7. The molecule has 27 heavy (non-hydrogen) atoms. The van der Waals surface area contributed by atoms with Crippen LogP contribution in [0.4, 0.5) is 24.5 Å². The third kappa shape index (κ3) is 4.60. The van der Waals surface area contributed by atoms with Crippen LogP contribution < -0.4 is 5.32 Å². The Bertz CT molecular complexity index is 813. The number of carbonyl (C=O) groups is 1. The Kier molecular flexibility index (Phi) is 5.41. The highest BCUT2D eigenvalue weighted by molar-refractivity contribution is 6.00. The van der Waals surface area contributed by atoms with E-state index in [2.05, 4.69) is 5.32 Å². The number of nitrogens with zero attached hydrogens (tertiary/aromatic N) is 1. The van der Waals surface area contributed by atoms with Crippen LogP contribution in [0, 0.1) is 0 Å². The molecule has 2 atom stereocenters. The molecule has 2 aromatic rings. The minimum absolute atomic E-state index is 0.0683. The topological polar surface area (TPSA) is 41.6 Å². The van der Waals surface area contributed by atoms with Gasteiger partial charge in [0, 0.05) is 18.8 Å². The lowest BCUT2D eigenvalue weighted by Gasteiger charge is -2.35. The molecule has 2 aromatic carbocycles. The van der Waals surface area contributed by atoms with Crippen molar-refractivity contribution in [2.45, 2.75) is 32.2 Å². The minimum Gasteiger partial charge on any atom is -0.372 e. The molecule has 1 N–H and O–H groups in total. The molecule has 7 heteroatoms. The van der Waals surface area contributed by atoms with Gasteiger partial charge in [-0.2, -0.15) is 13.2 Å². The van der Waals surface area contributed by atoms with Crippen LogP contribution in [0.2, 0.25) is 0 Å². The number of para-hydroxylation sites is 1. The van der Waals surface area contributed by atoms with Crippen molar-refractivity contribution < 1.29 is 22.7 Å². The zero-order valence-corrected chi connectivity index (χ0v) is 15.1. The van der Waals surface area contributed by atoms with E-state index in [0.717, 1.165) is 12.1 Å². The first-order valence-corrected chi connectivity index (χ1v) is 8.72. The lowest BCUT2D eigenvalue weighted by Crippen LogP contribution is -2.48. The van der Waals surface area contributed by atoms with Gasteiger partial charge in [-0.05, 0) is 44.2 Å². The molecule has 1 saturated heterocycles. The molecule has 0 unspecified atom stereocenters. The number of ether oxygens (including phenoxy) is 1. The molecule has 1 heterocycles. The van der Waals surface area contributed by atoms with Crippen molar-refractivity contribution in [1.29, 1.82) is 0 Å². The molecule has 0 aromatic heterocycles. The third-order valence-electron chi connectivity index (χ3n) is 4.33. The van der Waals surface area contributed by atoms with E-state index in [0.29, 0.717) is 24.3 Å². The standard InChI is InChI=1S/C20H21F3N2O2/c1-13-11-25(12-14(2)27-13)19(26)17-8-3-4-9-18(17)24-16-7-5-6-15(10-16)20(21,22)23/h3-10,13-14,24H,11-12H2,1-2H3/t13-,14-/m0/s1. The first kappa shape index (κ1) is 19.2. The van der Waals surface area contributed by atoms with Gasteiger partial charge in [-0.3, -0.25) is 4.79 Å². The van der Waals surface area contributed by atoms with Crippen LogP contribution in [0.5, 0.6) is 0 Å². The quantitative estimate of drug-likeness (QED) is 0.842. The van der Waals surface area contributed by atoms with Crippen molar-refractivity contribution in [3.05, 3.63) is 59.7 Å². The van der Waals surface area contributed by atoms with Crippen LogP contribution in [-0.2, 0) is 10.9 Å². The Morgan fingerprint density at radius 3 is 2.41 bits per heavy atom. The average molecular weight is 378 g/mol. The molecule has 1 aliphatic rings. The summed E-state index contributed by atoms with van der Waals surface area (Å²) >= 11 is 0. The normalized spacial score (nSPS) is 20.4. The van der Waals surface area contributed by atoms with Crippen LogP contribution in [0.1, 0.15) is 29.8 Å². The van der Waals surface area contributed by atoms with Crippen molar-refractivity contribution in [2.75, 3.05) is 18.4 Å². The summed E-state index contributed by atoms with van der Waals surface area (Å²) in [6, 6.07) is 11.7. The summed E-state index contributed by atoms with van der Waals surface area (Å²) in [5.74, 6) is -0.174. The maximum Gasteiger partial charge on any atom is 0.416 e. The van der Waals surface area contributed by atoms with Gasteiger partial charge in [-0.1, -0.05) is 18.2 Å². The third-order valence-corrected chi connectivity index (χ3v) is 4.33. The maximum absolute atomic E-state index is 13.0. The molecular weight excluding hydrogens is 357 g/mol. The Balaban J connectivity index is 1.85. The van der Waals surface area contributed by atoms with Gasteiger partial charge in [-0.15, -0.1) is 0 Å². The van der Waals surface area contributed by atoms with Crippen LogP contribution in [0.3, 0.4) is 0 Å². The van der Waals surface area contributed by atoms with E-state index in [9.17, 15) is 18.0 Å². The molecule has 0 spiro atoms. The van der Waals surface area contributed by atoms with Crippen molar-refractivity contribution in [1.82, 2.24) is 4.90 Å². The number of benzene rings is 2. The molecule has 0 saturated carbocycles. The number of morpholine rings is 1. The summed E-state index contributed by atoms with van der Waals surface area (Å²) < 4.78 is 44.4. The van der Waals surface area contributed by atoms with E-state index in [1.54, 1.807) is 29.2 Å². The number of alkyl halides is 3. The zero-order valence-electron chi connectivity index (χ0n) is 15.1. The highest BCUT2D eigenvalue weighted by Gasteiger charge is 2.31. The minimum atomic E-state index is -4.42. The van der Waals surface area contributed by atoms with Crippen molar-refractivity contribution in [2.24, 2.45) is 0 Å². The second-order valence-electron chi connectivity index (χ2n) is 6.72. The zero-order chi connectivity index (χ0) is 19.6. The monoisotopic (exact) mass is 378 g/mol. The van der Waals surface area contributed by atoms with Crippen molar-refractivity contribution in [3.8, 4) is 0 Å². The summed E-state index contributed by atoms with van der Waals surface area (Å²) in [6.45, 7) is 4.76. The van der Waals surface area contributed by atoms with Crippen LogP contribution in [0.15, 0.2) is 48.5 Å². The molecular formula is C20H21F3N2O2. The van der Waals surface area contributed by atoms with Gasteiger partial charge in [0.25, 0.3) is 5.91 Å². The summed E-state index contributed by atoms with van der Waals surface area (Å²) in [6.07, 6.45) is -4.56. The fourth-order valence-electron chi connectivity index (χ4n) is 3.22. The molecule has 0 radical (unpaired) electrons. The molecule has 0 bridgehead atoms. The molecule has 4 nitrogen and oxygen atoms in total. The van der Waals surface area contributed by atoms with E-state index in [4.69, 9.17) is 4.74 Å². The van der Waals surface area contributed by atoms with E-state index in [1.165, 1.54) is 12.1 Å². The molecule has 1 amide bonds.